The van der Waals surface area contributed by atoms with Crippen LogP contribution in [0.25, 0.3) is 0 Å². The van der Waals surface area contributed by atoms with E-state index in [9.17, 15) is 0 Å². The average molecular weight is 259 g/mol. The first-order valence-corrected chi connectivity index (χ1v) is 6.60. The molecule has 1 atom stereocenters. The van der Waals surface area contributed by atoms with E-state index in [1.165, 1.54) is 0 Å². The van der Waals surface area contributed by atoms with Gasteiger partial charge in [-0.25, -0.2) is 0 Å². The molecule has 0 aliphatic carbocycles. The zero-order valence-corrected chi connectivity index (χ0v) is 11.8. The summed E-state index contributed by atoms with van der Waals surface area (Å²) < 4.78 is 1.99. The second-order valence-electron chi connectivity index (χ2n) is 4.95. The molecule has 5 nitrogen and oxygen atoms in total. The third-order valence-electron chi connectivity index (χ3n) is 3.33. The van der Waals surface area contributed by atoms with Crippen LogP contribution in [-0.4, -0.2) is 44.3 Å². The van der Waals surface area contributed by atoms with Gasteiger partial charge in [-0.1, -0.05) is 0 Å². The molecule has 0 amide bonds. The van der Waals surface area contributed by atoms with Crippen molar-refractivity contribution in [3.05, 3.63) is 42.2 Å². The summed E-state index contributed by atoms with van der Waals surface area (Å²) in [7, 11) is 2.14. The van der Waals surface area contributed by atoms with Gasteiger partial charge in [0, 0.05) is 43.8 Å². The molecule has 0 fully saturated rings. The zero-order valence-electron chi connectivity index (χ0n) is 11.8. The van der Waals surface area contributed by atoms with E-state index in [-0.39, 0.29) is 0 Å². The minimum atomic E-state index is 0.438. The van der Waals surface area contributed by atoms with Crippen LogP contribution in [-0.2, 0) is 13.0 Å². The van der Waals surface area contributed by atoms with Crippen molar-refractivity contribution in [2.24, 2.45) is 0 Å². The fraction of sp³-hybridized carbons (Fsp3) is 0.500. The largest absolute Gasteiger partial charge is 0.301 e. The Morgan fingerprint density at radius 3 is 2.84 bits per heavy atom. The summed E-state index contributed by atoms with van der Waals surface area (Å²) in [5, 5.41) is 4.39. The molecule has 2 aromatic heterocycles. The molecule has 0 aliphatic heterocycles. The Morgan fingerprint density at radius 2 is 2.21 bits per heavy atom. The first-order chi connectivity index (χ1) is 9.15. The van der Waals surface area contributed by atoms with Gasteiger partial charge in [-0.3, -0.25) is 14.6 Å². The lowest BCUT2D eigenvalue weighted by atomic mass is 10.1. The Bertz CT molecular complexity index is 494. The molecule has 0 radical (unpaired) electrons. The summed E-state index contributed by atoms with van der Waals surface area (Å²) in [6, 6.07) is 2.47. The molecule has 2 heterocycles. The van der Waals surface area contributed by atoms with Gasteiger partial charge in [0.2, 0.25) is 0 Å². The average Bonchev–Trinajstić information content (AvgIpc) is 2.83. The van der Waals surface area contributed by atoms with Crippen LogP contribution in [0, 0.1) is 6.92 Å². The number of likely N-dealkylation sites (N-methyl/N-ethyl adjacent to an activating group) is 1. The molecule has 0 saturated heterocycles. The zero-order chi connectivity index (χ0) is 13.7. The molecule has 2 aromatic rings. The second kappa shape index (κ2) is 6.43. The molecule has 102 valence electrons. The molecule has 0 bridgehead atoms. The van der Waals surface area contributed by atoms with Gasteiger partial charge in [0.1, 0.15) is 0 Å². The number of rotatable bonds is 6. The third kappa shape index (κ3) is 4.13. The van der Waals surface area contributed by atoms with Crippen LogP contribution >= 0.6 is 0 Å². The third-order valence-corrected chi connectivity index (χ3v) is 3.33. The number of aryl methyl sites for hydroxylation is 1. The van der Waals surface area contributed by atoms with Crippen LogP contribution in [0.3, 0.4) is 0 Å². The van der Waals surface area contributed by atoms with Crippen LogP contribution in [0.4, 0.5) is 0 Å². The van der Waals surface area contributed by atoms with Crippen LogP contribution in [0.1, 0.15) is 18.3 Å². The molecule has 0 aliphatic rings. The first kappa shape index (κ1) is 13.7. The SMILES string of the molecule is Cc1ccn(CCN(C)[C@H](C)Cc2cnccn2)n1. The topological polar surface area (TPSA) is 46.8 Å². The van der Waals surface area contributed by atoms with Crippen LogP contribution in [0.5, 0.6) is 0 Å². The molecule has 2 rings (SSSR count). The quantitative estimate of drug-likeness (QED) is 0.789. The van der Waals surface area contributed by atoms with Crippen molar-refractivity contribution in [3.8, 4) is 0 Å². The van der Waals surface area contributed by atoms with E-state index in [0.29, 0.717) is 6.04 Å². The van der Waals surface area contributed by atoms with Gasteiger partial charge in [0.15, 0.2) is 0 Å². The predicted octanol–water partition coefficient (Wildman–Crippen LogP) is 1.54. The normalized spacial score (nSPS) is 12.8. The predicted molar refractivity (Wildman–Crippen MR) is 74.8 cm³/mol. The van der Waals surface area contributed by atoms with E-state index >= 15 is 0 Å². The number of hydrogen-bond acceptors (Lipinski definition) is 4. The van der Waals surface area contributed by atoms with Gasteiger partial charge in [-0.05, 0) is 27.0 Å². The molecule has 19 heavy (non-hydrogen) atoms. The number of aromatic nitrogens is 4. The van der Waals surface area contributed by atoms with E-state index in [0.717, 1.165) is 30.9 Å². The van der Waals surface area contributed by atoms with Crippen molar-refractivity contribution >= 4 is 0 Å². The van der Waals surface area contributed by atoms with Gasteiger partial charge < -0.3 is 4.90 Å². The highest BCUT2D eigenvalue weighted by Gasteiger charge is 2.10. The van der Waals surface area contributed by atoms with Gasteiger partial charge >= 0.3 is 0 Å². The lowest BCUT2D eigenvalue weighted by Gasteiger charge is -2.24. The first-order valence-electron chi connectivity index (χ1n) is 6.60. The molecule has 0 saturated carbocycles. The van der Waals surface area contributed by atoms with Crippen molar-refractivity contribution in [2.75, 3.05) is 13.6 Å². The Morgan fingerprint density at radius 1 is 1.37 bits per heavy atom. The van der Waals surface area contributed by atoms with E-state index in [2.05, 4.69) is 33.9 Å². The van der Waals surface area contributed by atoms with E-state index in [1.54, 1.807) is 12.4 Å². The lowest BCUT2D eigenvalue weighted by molar-refractivity contribution is 0.241. The molecular weight excluding hydrogens is 238 g/mol. The Hall–Kier alpha value is -1.75. The Labute approximate surface area is 114 Å². The standard InChI is InChI=1S/C14H21N5/c1-12-4-7-19(17-12)9-8-18(3)13(2)10-14-11-15-5-6-16-14/h4-7,11,13H,8-10H2,1-3H3/t13-/m1/s1. The van der Waals surface area contributed by atoms with Gasteiger partial charge in [0.25, 0.3) is 0 Å². The monoisotopic (exact) mass is 259 g/mol. The minimum absolute atomic E-state index is 0.438. The van der Waals surface area contributed by atoms with Crippen molar-refractivity contribution in [1.82, 2.24) is 24.6 Å². The highest BCUT2D eigenvalue weighted by atomic mass is 15.3. The fourth-order valence-electron chi connectivity index (χ4n) is 1.96. The highest BCUT2D eigenvalue weighted by molar-refractivity contribution is 4.97. The fourth-order valence-corrected chi connectivity index (χ4v) is 1.96. The molecule has 5 heteroatoms. The highest BCUT2D eigenvalue weighted by Crippen LogP contribution is 2.04. The Balaban J connectivity index is 1.80. The van der Waals surface area contributed by atoms with Crippen molar-refractivity contribution in [3.63, 3.8) is 0 Å². The smallest absolute Gasteiger partial charge is 0.0602 e. The summed E-state index contributed by atoms with van der Waals surface area (Å²) in [5.41, 5.74) is 2.10. The van der Waals surface area contributed by atoms with Gasteiger partial charge in [-0.15, -0.1) is 0 Å². The van der Waals surface area contributed by atoms with Gasteiger partial charge in [-0.2, -0.15) is 5.10 Å². The maximum Gasteiger partial charge on any atom is 0.0602 e. The van der Waals surface area contributed by atoms with E-state index in [4.69, 9.17) is 0 Å². The van der Waals surface area contributed by atoms with Crippen molar-refractivity contribution in [1.29, 1.82) is 0 Å². The van der Waals surface area contributed by atoms with E-state index < -0.39 is 0 Å². The minimum Gasteiger partial charge on any atom is -0.301 e. The second-order valence-corrected chi connectivity index (χ2v) is 4.95. The molecule has 0 spiro atoms. The summed E-state index contributed by atoms with van der Waals surface area (Å²) >= 11 is 0. The van der Waals surface area contributed by atoms with E-state index in [1.807, 2.05) is 30.1 Å². The maximum absolute atomic E-state index is 4.39. The summed E-state index contributed by atoms with van der Waals surface area (Å²) in [5.74, 6) is 0. The lowest BCUT2D eigenvalue weighted by Crippen LogP contribution is -2.33. The van der Waals surface area contributed by atoms with Crippen molar-refractivity contribution < 1.29 is 0 Å². The van der Waals surface area contributed by atoms with Crippen LogP contribution < -0.4 is 0 Å². The molecule has 0 unspecified atom stereocenters. The maximum atomic E-state index is 4.39. The van der Waals surface area contributed by atoms with Crippen molar-refractivity contribution in [2.45, 2.75) is 32.9 Å². The summed E-state index contributed by atoms with van der Waals surface area (Å²) in [6.45, 7) is 6.11. The molecule has 0 aromatic carbocycles. The Kier molecular flexibility index (Phi) is 4.63. The summed E-state index contributed by atoms with van der Waals surface area (Å²) in [6.07, 6.45) is 8.23. The number of nitrogens with zero attached hydrogens (tertiary/aromatic N) is 5. The van der Waals surface area contributed by atoms with Crippen LogP contribution in [0.2, 0.25) is 0 Å². The van der Waals surface area contributed by atoms with Gasteiger partial charge in [0.05, 0.1) is 17.9 Å². The summed E-state index contributed by atoms with van der Waals surface area (Å²) in [4.78, 5) is 10.7. The van der Waals surface area contributed by atoms with Crippen LogP contribution in [0.15, 0.2) is 30.9 Å². The molecular formula is C14H21N5. The molecule has 0 N–H and O–H groups in total. The number of hydrogen-bond donors (Lipinski definition) is 0.